The zero-order valence-corrected chi connectivity index (χ0v) is 10.9. The van der Waals surface area contributed by atoms with Gasteiger partial charge in [0.2, 0.25) is 0 Å². The lowest BCUT2D eigenvalue weighted by atomic mass is 9.94. The molecule has 0 fully saturated rings. The molecule has 1 N–H and O–H groups in total. The second kappa shape index (κ2) is 5.50. The molecule has 0 radical (unpaired) electrons. The highest BCUT2D eigenvalue weighted by atomic mass is 16.3. The maximum absolute atomic E-state index is 10.5. The van der Waals surface area contributed by atoms with E-state index in [4.69, 9.17) is 0 Å². The van der Waals surface area contributed by atoms with Gasteiger partial charge in [0.15, 0.2) is 0 Å². The highest BCUT2D eigenvalue weighted by Crippen LogP contribution is 2.30. The summed E-state index contributed by atoms with van der Waals surface area (Å²) >= 11 is 0. The van der Waals surface area contributed by atoms with E-state index >= 15 is 0 Å². The van der Waals surface area contributed by atoms with Gasteiger partial charge in [-0.15, -0.1) is 0 Å². The summed E-state index contributed by atoms with van der Waals surface area (Å²) in [6, 6.07) is 6.31. The van der Waals surface area contributed by atoms with Crippen LogP contribution in [0.25, 0.3) is 0 Å². The molecule has 92 valence electrons. The number of allylic oxidation sites excluding steroid dienone is 1. The van der Waals surface area contributed by atoms with Crippen molar-refractivity contribution in [2.45, 2.75) is 52.1 Å². The zero-order chi connectivity index (χ0) is 12.3. The molecule has 1 atom stereocenters. The molecule has 1 unspecified atom stereocenters. The summed E-state index contributed by atoms with van der Waals surface area (Å²) in [7, 11) is 0. The molecule has 0 bridgehead atoms. The van der Waals surface area contributed by atoms with E-state index in [0.717, 1.165) is 18.4 Å². The van der Waals surface area contributed by atoms with Crippen molar-refractivity contribution in [2.75, 3.05) is 0 Å². The maximum Gasteiger partial charge on any atom is 0.100 e. The maximum atomic E-state index is 10.5. The Bertz CT molecular complexity index is 418. The van der Waals surface area contributed by atoms with Crippen molar-refractivity contribution in [3.8, 4) is 0 Å². The molecule has 1 aromatic carbocycles. The summed E-state index contributed by atoms with van der Waals surface area (Å²) in [6.45, 7) is 4.18. The third-order valence-corrected chi connectivity index (χ3v) is 3.65. The Morgan fingerprint density at radius 1 is 1.12 bits per heavy atom. The van der Waals surface area contributed by atoms with E-state index in [1.54, 1.807) is 0 Å². The van der Waals surface area contributed by atoms with Gasteiger partial charge in [-0.2, -0.15) is 0 Å². The summed E-state index contributed by atoms with van der Waals surface area (Å²) in [5.74, 6) is 0. The molecule has 1 aliphatic carbocycles. The Morgan fingerprint density at radius 3 is 2.71 bits per heavy atom. The van der Waals surface area contributed by atoms with Gasteiger partial charge in [0.05, 0.1) is 0 Å². The van der Waals surface area contributed by atoms with Crippen molar-refractivity contribution < 1.29 is 5.11 Å². The summed E-state index contributed by atoms with van der Waals surface area (Å²) in [5, 5.41) is 10.5. The minimum atomic E-state index is -0.395. The monoisotopic (exact) mass is 230 g/mol. The van der Waals surface area contributed by atoms with Crippen molar-refractivity contribution in [3.63, 3.8) is 0 Å². The van der Waals surface area contributed by atoms with Gasteiger partial charge in [0.1, 0.15) is 6.10 Å². The number of hydrogen-bond acceptors (Lipinski definition) is 1. The minimum absolute atomic E-state index is 0.395. The van der Waals surface area contributed by atoms with Gasteiger partial charge >= 0.3 is 0 Å². The Kier molecular flexibility index (Phi) is 4.01. The second-order valence-electron chi connectivity index (χ2n) is 5.14. The molecule has 0 spiro atoms. The number of aryl methyl sites for hydroxylation is 2. The highest BCUT2D eigenvalue weighted by Gasteiger charge is 2.16. The Labute approximate surface area is 104 Å². The molecule has 1 heteroatoms. The first-order valence-electron chi connectivity index (χ1n) is 6.62. The summed E-state index contributed by atoms with van der Waals surface area (Å²) in [4.78, 5) is 0. The van der Waals surface area contributed by atoms with E-state index in [1.165, 1.54) is 36.0 Å². The lowest BCUT2D eigenvalue weighted by Crippen LogP contribution is -2.04. The number of aliphatic hydroxyl groups excluding tert-OH is 1. The largest absolute Gasteiger partial charge is 0.384 e. The lowest BCUT2D eigenvalue weighted by Gasteiger charge is -2.17. The molecule has 0 aromatic heterocycles. The van der Waals surface area contributed by atoms with Gasteiger partial charge in [-0.05, 0) is 56.2 Å². The van der Waals surface area contributed by atoms with Crippen LogP contribution in [0.4, 0.5) is 0 Å². The van der Waals surface area contributed by atoms with Crippen LogP contribution in [0, 0.1) is 13.8 Å². The van der Waals surface area contributed by atoms with Crippen LogP contribution in [-0.2, 0) is 0 Å². The Hall–Kier alpha value is -1.08. The van der Waals surface area contributed by atoms with E-state index in [-0.39, 0.29) is 0 Å². The normalized spacial score (nSPS) is 18.4. The molecule has 1 aromatic rings. The van der Waals surface area contributed by atoms with E-state index in [2.05, 4.69) is 38.1 Å². The molecule has 0 aliphatic heterocycles. The lowest BCUT2D eigenvalue weighted by molar-refractivity contribution is 0.210. The smallest absolute Gasteiger partial charge is 0.100 e. The molecular weight excluding hydrogens is 208 g/mol. The van der Waals surface area contributed by atoms with Gasteiger partial charge < -0.3 is 5.11 Å². The van der Waals surface area contributed by atoms with Crippen LogP contribution in [0.2, 0.25) is 0 Å². The molecule has 1 nitrogen and oxygen atoms in total. The first-order valence-corrected chi connectivity index (χ1v) is 6.62. The quantitative estimate of drug-likeness (QED) is 0.754. The standard InChI is InChI=1S/C16H22O/c1-12-9-10-15(13(2)11-12)16(17)14-7-5-3-4-6-8-14/h7,9-11,16-17H,3-6,8H2,1-2H3. The number of benzene rings is 1. The van der Waals surface area contributed by atoms with Crippen molar-refractivity contribution in [1.29, 1.82) is 0 Å². The van der Waals surface area contributed by atoms with Gasteiger partial charge in [0.25, 0.3) is 0 Å². The molecule has 2 rings (SSSR count). The predicted molar refractivity (Wildman–Crippen MR) is 72.0 cm³/mol. The predicted octanol–water partition coefficient (Wildman–Crippen LogP) is 4.23. The molecule has 0 saturated heterocycles. The first kappa shape index (κ1) is 12.4. The summed E-state index contributed by atoms with van der Waals surface area (Å²) in [6.07, 6.45) is 7.80. The van der Waals surface area contributed by atoms with Gasteiger partial charge in [-0.3, -0.25) is 0 Å². The molecule has 1 aliphatic rings. The van der Waals surface area contributed by atoms with E-state index in [0.29, 0.717) is 0 Å². The molecule has 0 heterocycles. The van der Waals surface area contributed by atoms with Crippen LogP contribution in [-0.4, -0.2) is 5.11 Å². The van der Waals surface area contributed by atoms with Gasteiger partial charge in [0, 0.05) is 0 Å². The van der Waals surface area contributed by atoms with Crippen LogP contribution in [0.3, 0.4) is 0 Å². The third kappa shape index (κ3) is 2.98. The number of rotatable bonds is 2. The summed E-state index contributed by atoms with van der Waals surface area (Å²) < 4.78 is 0. The average Bonchev–Trinajstić information content (AvgIpc) is 2.56. The Balaban J connectivity index is 2.23. The number of aliphatic hydroxyl groups is 1. The second-order valence-corrected chi connectivity index (χ2v) is 5.14. The minimum Gasteiger partial charge on any atom is -0.384 e. The average molecular weight is 230 g/mol. The van der Waals surface area contributed by atoms with Crippen molar-refractivity contribution in [3.05, 3.63) is 46.5 Å². The molecule has 0 saturated carbocycles. The Morgan fingerprint density at radius 2 is 1.94 bits per heavy atom. The van der Waals surface area contributed by atoms with Crippen LogP contribution in [0.15, 0.2) is 29.8 Å². The van der Waals surface area contributed by atoms with Crippen LogP contribution >= 0.6 is 0 Å². The molecular formula is C16H22O. The SMILES string of the molecule is Cc1ccc(C(O)C2=CCCCCC2)c(C)c1. The highest BCUT2D eigenvalue weighted by molar-refractivity contribution is 5.36. The van der Waals surface area contributed by atoms with Crippen molar-refractivity contribution in [1.82, 2.24) is 0 Å². The zero-order valence-electron chi connectivity index (χ0n) is 10.9. The fourth-order valence-corrected chi connectivity index (χ4v) is 2.62. The molecule has 17 heavy (non-hydrogen) atoms. The van der Waals surface area contributed by atoms with Gasteiger partial charge in [-0.1, -0.05) is 36.3 Å². The van der Waals surface area contributed by atoms with E-state index in [1.807, 2.05) is 0 Å². The van der Waals surface area contributed by atoms with Crippen LogP contribution in [0.5, 0.6) is 0 Å². The van der Waals surface area contributed by atoms with Crippen LogP contribution in [0.1, 0.15) is 54.9 Å². The molecule has 0 amide bonds. The van der Waals surface area contributed by atoms with Crippen LogP contribution < -0.4 is 0 Å². The summed E-state index contributed by atoms with van der Waals surface area (Å²) in [5.41, 5.74) is 4.74. The van der Waals surface area contributed by atoms with Gasteiger partial charge in [-0.25, -0.2) is 0 Å². The third-order valence-electron chi connectivity index (χ3n) is 3.65. The topological polar surface area (TPSA) is 20.2 Å². The van der Waals surface area contributed by atoms with E-state index in [9.17, 15) is 5.11 Å². The van der Waals surface area contributed by atoms with Crippen molar-refractivity contribution >= 4 is 0 Å². The van der Waals surface area contributed by atoms with Crippen molar-refractivity contribution in [2.24, 2.45) is 0 Å². The number of hydrogen-bond donors (Lipinski definition) is 1. The van der Waals surface area contributed by atoms with E-state index < -0.39 is 6.10 Å². The fourth-order valence-electron chi connectivity index (χ4n) is 2.62. The first-order chi connectivity index (χ1) is 8.18. The fraction of sp³-hybridized carbons (Fsp3) is 0.500.